The highest BCUT2D eigenvalue weighted by Crippen LogP contribution is 2.26. The van der Waals surface area contributed by atoms with Gasteiger partial charge in [-0.15, -0.1) is 0 Å². The van der Waals surface area contributed by atoms with Crippen LogP contribution >= 0.6 is 0 Å². The Morgan fingerprint density at radius 1 is 1.31 bits per heavy atom. The molecule has 3 heteroatoms. The number of allylic oxidation sites excluding steroid dienone is 2. The maximum Gasteiger partial charge on any atom is 0.170 e. The summed E-state index contributed by atoms with van der Waals surface area (Å²) in [5, 5.41) is 0. The van der Waals surface area contributed by atoms with Gasteiger partial charge in [0.05, 0.1) is 13.4 Å². The molecule has 2 aromatic rings. The van der Waals surface area contributed by atoms with Crippen molar-refractivity contribution in [2.24, 2.45) is 0 Å². The van der Waals surface area contributed by atoms with Crippen molar-refractivity contribution in [3.8, 4) is 11.5 Å². The third-order valence-corrected chi connectivity index (χ3v) is 2.10. The van der Waals surface area contributed by atoms with Crippen LogP contribution in [0.2, 0.25) is 0 Å². The molecule has 0 unspecified atom stereocenters. The molecule has 0 fully saturated rings. The quantitative estimate of drug-likeness (QED) is 0.577. The van der Waals surface area contributed by atoms with Gasteiger partial charge < -0.3 is 13.6 Å². The van der Waals surface area contributed by atoms with E-state index in [1.807, 2.05) is 24.3 Å². The van der Waals surface area contributed by atoms with E-state index < -0.39 is 0 Å². The molecule has 0 saturated carbocycles. The summed E-state index contributed by atoms with van der Waals surface area (Å²) in [5.41, 5.74) is 0. The fraction of sp³-hybridized carbons (Fsp3) is 0.0769. The van der Waals surface area contributed by atoms with Crippen molar-refractivity contribution in [3.63, 3.8) is 0 Å². The van der Waals surface area contributed by atoms with E-state index in [1.54, 1.807) is 25.5 Å². The number of hydrogen-bond donors (Lipinski definition) is 0. The Labute approximate surface area is 93.6 Å². The van der Waals surface area contributed by atoms with E-state index >= 15 is 0 Å². The Bertz CT molecular complexity index is 489. The van der Waals surface area contributed by atoms with E-state index in [2.05, 4.69) is 6.58 Å². The lowest BCUT2D eigenvalue weighted by Gasteiger charge is -2.00. The summed E-state index contributed by atoms with van der Waals surface area (Å²) in [5.74, 6) is 2.65. The third-order valence-electron chi connectivity index (χ3n) is 2.10. The van der Waals surface area contributed by atoms with Crippen LogP contribution in [0.5, 0.6) is 0 Å². The zero-order valence-corrected chi connectivity index (χ0v) is 8.97. The lowest BCUT2D eigenvalue weighted by Crippen LogP contribution is -1.82. The number of rotatable bonds is 4. The molecule has 0 aliphatic carbocycles. The number of furan rings is 2. The average Bonchev–Trinajstić information content (AvgIpc) is 2.95. The maximum absolute atomic E-state index is 5.60. The van der Waals surface area contributed by atoms with Gasteiger partial charge in [-0.25, -0.2) is 0 Å². The van der Waals surface area contributed by atoms with E-state index in [-0.39, 0.29) is 0 Å². The molecule has 0 bridgehead atoms. The number of methoxy groups -OCH3 is 1. The second-order valence-corrected chi connectivity index (χ2v) is 3.11. The van der Waals surface area contributed by atoms with Gasteiger partial charge in [-0.1, -0.05) is 12.7 Å². The highest BCUT2D eigenvalue weighted by Gasteiger charge is 2.10. The second-order valence-electron chi connectivity index (χ2n) is 3.11. The predicted molar refractivity (Wildman–Crippen MR) is 61.6 cm³/mol. The zero-order chi connectivity index (χ0) is 11.4. The largest absolute Gasteiger partial charge is 0.493 e. The molecule has 82 valence electrons. The Balaban J connectivity index is 2.32. The SMILES string of the molecule is C=C/C=C(\OC)c1ccc(-c2ccco2)o1. The second kappa shape index (κ2) is 4.57. The van der Waals surface area contributed by atoms with Crippen LogP contribution in [0.25, 0.3) is 17.3 Å². The fourth-order valence-corrected chi connectivity index (χ4v) is 1.38. The predicted octanol–water partition coefficient (Wildman–Crippen LogP) is 3.71. The topological polar surface area (TPSA) is 35.5 Å². The smallest absolute Gasteiger partial charge is 0.170 e. The van der Waals surface area contributed by atoms with Crippen LogP contribution in [0.4, 0.5) is 0 Å². The summed E-state index contributed by atoms with van der Waals surface area (Å²) in [7, 11) is 1.59. The summed E-state index contributed by atoms with van der Waals surface area (Å²) in [4.78, 5) is 0. The molecule has 0 N–H and O–H groups in total. The number of hydrogen-bond acceptors (Lipinski definition) is 3. The Kier molecular flexibility index (Phi) is 2.96. The van der Waals surface area contributed by atoms with Gasteiger partial charge in [-0.05, 0) is 30.3 Å². The Hall–Kier alpha value is -2.16. The van der Waals surface area contributed by atoms with Crippen molar-refractivity contribution >= 4 is 5.76 Å². The molecule has 0 saturated heterocycles. The van der Waals surface area contributed by atoms with Gasteiger partial charge >= 0.3 is 0 Å². The van der Waals surface area contributed by atoms with Gasteiger partial charge in [0, 0.05) is 0 Å². The molecule has 16 heavy (non-hydrogen) atoms. The standard InChI is InChI=1S/C13H12O3/c1-3-5-10(14-2)12-7-8-13(16-12)11-6-4-9-15-11/h3-9H,1H2,2H3/b10-5-. The van der Waals surface area contributed by atoms with Gasteiger partial charge in [0.15, 0.2) is 23.0 Å². The van der Waals surface area contributed by atoms with Crippen LogP contribution in [0.15, 0.2) is 58.1 Å². The maximum atomic E-state index is 5.60. The number of ether oxygens (including phenoxy) is 1. The van der Waals surface area contributed by atoms with E-state index in [0.29, 0.717) is 23.0 Å². The van der Waals surface area contributed by atoms with Crippen LogP contribution in [-0.4, -0.2) is 7.11 Å². The molecule has 0 amide bonds. The molecule has 0 atom stereocenters. The molecule has 0 aliphatic rings. The van der Waals surface area contributed by atoms with E-state index in [4.69, 9.17) is 13.6 Å². The summed E-state index contributed by atoms with van der Waals surface area (Å²) in [6.45, 7) is 3.61. The Morgan fingerprint density at radius 2 is 2.19 bits per heavy atom. The van der Waals surface area contributed by atoms with Crippen molar-refractivity contribution in [2.45, 2.75) is 0 Å². The molecule has 0 aromatic carbocycles. The molecule has 3 nitrogen and oxygen atoms in total. The first kappa shape index (κ1) is 10.4. The first-order valence-corrected chi connectivity index (χ1v) is 4.86. The molecular formula is C13H12O3. The molecule has 2 heterocycles. The van der Waals surface area contributed by atoms with Gasteiger partial charge in [-0.3, -0.25) is 0 Å². The minimum atomic E-state index is 0.632. The summed E-state index contributed by atoms with van der Waals surface area (Å²) in [6, 6.07) is 7.32. The van der Waals surface area contributed by atoms with Crippen LogP contribution in [0, 0.1) is 0 Å². The summed E-state index contributed by atoms with van der Waals surface area (Å²) < 4.78 is 16.0. The minimum Gasteiger partial charge on any atom is -0.493 e. The van der Waals surface area contributed by atoms with Crippen LogP contribution in [-0.2, 0) is 4.74 Å². The van der Waals surface area contributed by atoms with Crippen molar-refractivity contribution in [1.29, 1.82) is 0 Å². The highest BCUT2D eigenvalue weighted by atomic mass is 16.5. The molecular weight excluding hydrogens is 204 g/mol. The third kappa shape index (κ3) is 1.93. The first-order chi connectivity index (χ1) is 7.85. The van der Waals surface area contributed by atoms with E-state index in [1.165, 1.54) is 0 Å². The van der Waals surface area contributed by atoms with Crippen LogP contribution < -0.4 is 0 Å². The van der Waals surface area contributed by atoms with Crippen molar-refractivity contribution in [2.75, 3.05) is 7.11 Å². The van der Waals surface area contributed by atoms with E-state index in [9.17, 15) is 0 Å². The first-order valence-electron chi connectivity index (χ1n) is 4.86. The van der Waals surface area contributed by atoms with Crippen LogP contribution in [0.3, 0.4) is 0 Å². The molecule has 0 spiro atoms. The highest BCUT2D eigenvalue weighted by molar-refractivity contribution is 5.60. The molecule has 2 rings (SSSR count). The van der Waals surface area contributed by atoms with Gasteiger partial charge in [0.25, 0.3) is 0 Å². The Morgan fingerprint density at radius 3 is 2.81 bits per heavy atom. The van der Waals surface area contributed by atoms with Crippen molar-refractivity contribution in [3.05, 3.63) is 55.0 Å². The zero-order valence-electron chi connectivity index (χ0n) is 8.97. The average molecular weight is 216 g/mol. The normalized spacial score (nSPS) is 11.4. The summed E-state index contributed by atoms with van der Waals surface area (Å²) >= 11 is 0. The fourth-order valence-electron chi connectivity index (χ4n) is 1.38. The van der Waals surface area contributed by atoms with E-state index in [0.717, 1.165) is 0 Å². The molecule has 2 aromatic heterocycles. The van der Waals surface area contributed by atoms with Crippen molar-refractivity contribution in [1.82, 2.24) is 0 Å². The van der Waals surface area contributed by atoms with Gasteiger partial charge in [0.1, 0.15) is 0 Å². The van der Waals surface area contributed by atoms with Gasteiger partial charge in [0.2, 0.25) is 0 Å². The molecule has 0 aliphatic heterocycles. The minimum absolute atomic E-state index is 0.632. The monoisotopic (exact) mass is 216 g/mol. The van der Waals surface area contributed by atoms with Crippen molar-refractivity contribution < 1.29 is 13.6 Å². The van der Waals surface area contributed by atoms with Gasteiger partial charge in [-0.2, -0.15) is 0 Å². The lowest BCUT2D eigenvalue weighted by molar-refractivity contribution is 0.352. The lowest BCUT2D eigenvalue weighted by atomic mass is 10.3. The van der Waals surface area contributed by atoms with Crippen LogP contribution in [0.1, 0.15) is 5.76 Å². The molecule has 0 radical (unpaired) electrons. The summed E-state index contributed by atoms with van der Waals surface area (Å²) in [6.07, 6.45) is 4.99.